The molecule has 14 heteroatoms. The number of urea groups is 1. The van der Waals surface area contributed by atoms with E-state index in [-0.39, 0.29) is 34.1 Å². The van der Waals surface area contributed by atoms with E-state index in [2.05, 4.69) is 36.1 Å². The highest BCUT2D eigenvalue weighted by molar-refractivity contribution is 6.32. The summed E-state index contributed by atoms with van der Waals surface area (Å²) in [6.07, 6.45) is -4.66. The van der Waals surface area contributed by atoms with Crippen LogP contribution < -0.4 is 20.7 Å². The zero-order chi connectivity index (χ0) is 28.3. The Labute approximate surface area is 231 Å². The molecular formula is C25H22Cl2F3N7O2. The van der Waals surface area contributed by atoms with Crippen LogP contribution in [0.4, 0.5) is 41.0 Å². The number of nitrogens with zero attached hydrogens (tertiary/aromatic N) is 3. The summed E-state index contributed by atoms with van der Waals surface area (Å²) in [5.74, 6) is 1.60. The SMILES string of the molecule is Cc1cc(Nc2cc(C(C)C)n[nH]2)nc(Oc2ccc(NC(=O)Nc3ccc(Cl)c(C(F)(F)F)c3)cc2Cl)n1. The number of alkyl halides is 3. The zero-order valence-electron chi connectivity index (χ0n) is 20.7. The first-order chi connectivity index (χ1) is 18.4. The molecule has 2 amide bonds. The first-order valence-corrected chi connectivity index (χ1v) is 12.2. The molecule has 9 nitrogen and oxygen atoms in total. The van der Waals surface area contributed by atoms with Gasteiger partial charge in [-0.25, -0.2) is 9.78 Å². The van der Waals surface area contributed by atoms with Crippen LogP contribution in [0.1, 0.15) is 36.7 Å². The second-order valence-corrected chi connectivity index (χ2v) is 9.50. The highest BCUT2D eigenvalue weighted by Gasteiger charge is 2.33. The minimum absolute atomic E-state index is 0.0321. The Morgan fingerprint density at radius 2 is 1.67 bits per heavy atom. The molecule has 0 bridgehead atoms. The Morgan fingerprint density at radius 3 is 2.31 bits per heavy atom. The average molecular weight is 580 g/mol. The topological polar surface area (TPSA) is 117 Å². The van der Waals surface area contributed by atoms with E-state index >= 15 is 0 Å². The van der Waals surface area contributed by atoms with Crippen LogP contribution in [-0.2, 0) is 6.18 Å². The summed E-state index contributed by atoms with van der Waals surface area (Å²) in [7, 11) is 0. The van der Waals surface area contributed by atoms with E-state index in [0.717, 1.165) is 17.8 Å². The number of H-pyrrole nitrogens is 1. The smallest absolute Gasteiger partial charge is 0.417 e. The van der Waals surface area contributed by atoms with Crippen molar-refractivity contribution in [3.8, 4) is 11.8 Å². The number of carbonyl (C=O) groups is 1. The third-order valence-corrected chi connectivity index (χ3v) is 5.83. The molecule has 2 heterocycles. The molecule has 0 atom stereocenters. The van der Waals surface area contributed by atoms with Gasteiger partial charge in [-0.05, 0) is 49.2 Å². The number of anilines is 4. The summed E-state index contributed by atoms with van der Waals surface area (Å²) < 4.78 is 45.0. The molecule has 0 spiro atoms. The van der Waals surface area contributed by atoms with Gasteiger partial charge in [-0.2, -0.15) is 23.3 Å². The molecule has 4 N–H and O–H groups in total. The van der Waals surface area contributed by atoms with Crippen molar-refractivity contribution in [3.05, 3.63) is 75.5 Å². The molecule has 39 heavy (non-hydrogen) atoms. The van der Waals surface area contributed by atoms with Gasteiger partial charge in [0.25, 0.3) is 0 Å². The molecule has 0 saturated heterocycles. The number of nitrogens with one attached hydrogen (secondary N) is 4. The molecule has 204 valence electrons. The van der Waals surface area contributed by atoms with Crippen LogP contribution in [0.2, 0.25) is 10.0 Å². The first kappa shape index (κ1) is 28.0. The fraction of sp³-hybridized carbons (Fsp3) is 0.200. The van der Waals surface area contributed by atoms with E-state index in [9.17, 15) is 18.0 Å². The lowest BCUT2D eigenvalue weighted by Crippen LogP contribution is -2.20. The number of amides is 2. The number of aromatic amines is 1. The van der Waals surface area contributed by atoms with Crippen molar-refractivity contribution in [2.45, 2.75) is 32.9 Å². The third-order valence-electron chi connectivity index (χ3n) is 5.21. The number of carbonyl (C=O) groups excluding carboxylic acids is 1. The monoisotopic (exact) mass is 579 g/mol. The van der Waals surface area contributed by atoms with Gasteiger partial charge < -0.3 is 20.7 Å². The Morgan fingerprint density at radius 1 is 0.974 bits per heavy atom. The fourth-order valence-corrected chi connectivity index (χ4v) is 3.80. The number of hydrogen-bond donors (Lipinski definition) is 4. The summed E-state index contributed by atoms with van der Waals surface area (Å²) in [6.45, 7) is 5.84. The molecule has 4 rings (SSSR count). The van der Waals surface area contributed by atoms with E-state index in [0.29, 0.717) is 17.3 Å². The maximum Gasteiger partial charge on any atom is 0.417 e. The Balaban J connectivity index is 1.42. The molecule has 0 radical (unpaired) electrons. The van der Waals surface area contributed by atoms with E-state index in [1.54, 1.807) is 13.0 Å². The van der Waals surface area contributed by atoms with Crippen molar-refractivity contribution in [1.29, 1.82) is 0 Å². The summed E-state index contributed by atoms with van der Waals surface area (Å²) >= 11 is 11.9. The Bertz CT molecular complexity index is 1510. The number of benzene rings is 2. The predicted octanol–water partition coefficient (Wildman–Crippen LogP) is 8.14. The number of rotatable bonds is 7. The normalized spacial score (nSPS) is 11.4. The first-order valence-electron chi connectivity index (χ1n) is 11.5. The van der Waals surface area contributed by atoms with Crippen molar-refractivity contribution in [2.75, 3.05) is 16.0 Å². The lowest BCUT2D eigenvalue weighted by molar-refractivity contribution is -0.137. The van der Waals surface area contributed by atoms with Crippen LogP contribution in [-0.4, -0.2) is 26.2 Å². The van der Waals surface area contributed by atoms with Crippen molar-refractivity contribution in [1.82, 2.24) is 20.2 Å². The van der Waals surface area contributed by atoms with Crippen LogP contribution in [0.3, 0.4) is 0 Å². The van der Waals surface area contributed by atoms with E-state index in [1.165, 1.54) is 24.3 Å². The number of halogens is 5. The minimum Gasteiger partial charge on any atom is -0.423 e. The molecule has 4 aromatic rings. The highest BCUT2D eigenvalue weighted by atomic mass is 35.5. The van der Waals surface area contributed by atoms with Crippen LogP contribution in [0, 0.1) is 6.92 Å². The predicted molar refractivity (Wildman–Crippen MR) is 143 cm³/mol. The van der Waals surface area contributed by atoms with Gasteiger partial charge in [0.15, 0.2) is 0 Å². The molecule has 0 aliphatic rings. The van der Waals surface area contributed by atoms with Gasteiger partial charge in [-0.1, -0.05) is 37.0 Å². The van der Waals surface area contributed by atoms with E-state index in [1.807, 2.05) is 19.9 Å². The van der Waals surface area contributed by atoms with Gasteiger partial charge in [-0.15, -0.1) is 0 Å². The standard InChI is InChI=1S/C25H22Cl2F3N7O2/c1-12(2)19-11-22(37-36-19)34-21-8-13(3)31-24(35-21)39-20-7-5-15(10-18(20)27)33-23(38)32-14-4-6-17(26)16(9-14)25(28,29)30/h4-12H,1-3H3,(H2,32,33,38)(H2,31,34,35,36,37). The molecule has 2 aromatic carbocycles. The molecule has 0 saturated carbocycles. The molecule has 0 aliphatic carbocycles. The summed E-state index contributed by atoms with van der Waals surface area (Å²) in [5.41, 5.74) is 0.642. The van der Waals surface area contributed by atoms with Gasteiger partial charge in [0.1, 0.15) is 17.4 Å². The largest absolute Gasteiger partial charge is 0.423 e. The summed E-state index contributed by atoms with van der Waals surface area (Å²) in [5, 5.41) is 14.7. The molecule has 0 fully saturated rings. The maximum atomic E-state index is 13.1. The second kappa shape index (κ2) is 11.4. The van der Waals surface area contributed by atoms with Gasteiger partial charge in [0.05, 0.1) is 21.3 Å². The van der Waals surface area contributed by atoms with Crippen LogP contribution in [0.15, 0.2) is 48.5 Å². The lowest BCUT2D eigenvalue weighted by Gasteiger charge is -2.13. The third kappa shape index (κ3) is 7.30. The molecule has 0 unspecified atom stereocenters. The Kier molecular flexibility index (Phi) is 8.17. The van der Waals surface area contributed by atoms with Crippen LogP contribution in [0.5, 0.6) is 11.8 Å². The van der Waals surface area contributed by atoms with E-state index in [4.69, 9.17) is 27.9 Å². The molecule has 0 aliphatic heterocycles. The number of ether oxygens (including phenoxy) is 1. The zero-order valence-corrected chi connectivity index (χ0v) is 22.3. The van der Waals surface area contributed by atoms with Gasteiger partial charge in [-0.3, -0.25) is 5.10 Å². The quantitative estimate of drug-likeness (QED) is 0.175. The van der Waals surface area contributed by atoms with E-state index < -0.39 is 22.8 Å². The minimum atomic E-state index is -4.66. The number of aromatic nitrogens is 4. The number of aryl methyl sites for hydroxylation is 1. The van der Waals surface area contributed by atoms with Gasteiger partial charge in [0.2, 0.25) is 0 Å². The summed E-state index contributed by atoms with van der Waals surface area (Å²) in [4.78, 5) is 20.9. The van der Waals surface area contributed by atoms with Gasteiger partial charge in [0, 0.05) is 29.2 Å². The second-order valence-electron chi connectivity index (χ2n) is 8.68. The molecular weight excluding hydrogens is 558 g/mol. The summed E-state index contributed by atoms with van der Waals surface area (Å²) in [6, 6.07) is 10.3. The van der Waals surface area contributed by atoms with Gasteiger partial charge >= 0.3 is 18.2 Å². The Hall–Kier alpha value is -4.03. The fourth-order valence-electron chi connectivity index (χ4n) is 3.36. The van der Waals surface area contributed by atoms with Crippen molar-refractivity contribution in [2.24, 2.45) is 0 Å². The number of hydrogen-bond acceptors (Lipinski definition) is 6. The van der Waals surface area contributed by atoms with Crippen molar-refractivity contribution >= 4 is 52.2 Å². The highest BCUT2D eigenvalue weighted by Crippen LogP contribution is 2.36. The molecule has 2 aromatic heterocycles. The van der Waals surface area contributed by atoms with Crippen LogP contribution >= 0.6 is 23.2 Å². The van der Waals surface area contributed by atoms with Crippen molar-refractivity contribution in [3.63, 3.8) is 0 Å². The van der Waals surface area contributed by atoms with Crippen molar-refractivity contribution < 1.29 is 22.7 Å². The average Bonchev–Trinajstić information content (AvgIpc) is 3.30. The van der Waals surface area contributed by atoms with Crippen LogP contribution in [0.25, 0.3) is 0 Å². The lowest BCUT2D eigenvalue weighted by atomic mass is 10.1. The maximum absolute atomic E-state index is 13.1.